The van der Waals surface area contributed by atoms with E-state index in [1.165, 1.54) is 42.2 Å². The number of aliphatic hydroxyl groups excluding tert-OH is 1. The van der Waals surface area contributed by atoms with Gasteiger partial charge in [-0.25, -0.2) is 9.48 Å². The zero-order chi connectivity index (χ0) is 84.6. The molecule has 13 amide bonds. The largest absolute Gasteiger partial charge is 0.496 e. The number of H-pyrrole nitrogens is 1. The number of rotatable bonds is 49. The van der Waals surface area contributed by atoms with Gasteiger partial charge in [-0.05, 0) is 98.6 Å². The van der Waals surface area contributed by atoms with Crippen LogP contribution in [0, 0.1) is 11.8 Å². The minimum Gasteiger partial charge on any atom is -0.496 e. The van der Waals surface area contributed by atoms with Gasteiger partial charge in [0, 0.05) is 55.0 Å². The number of likely N-dealkylation sites (tertiary alicyclic amines) is 1. The lowest BCUT2D eigenvalue weighted by molar-refractivity contribution is -0.144. The van der Waals surface area contributed by atoms with E-state index in [9.17, 15) is 72.9 Å². The molecular formula is C72H107N21O19S2. The number of carboxylic acids is 2. The molecule has 42 heteroatoms. The van der Waals surface area contributed by atoms with Gasteiger partial charge in [0.05, 0.1) is 44.8 Å². The summed E-state index contributed by atoms with van der Waals surface area (Å²) in [4.78, 5) is 216. The predicted molar refractivity (Wildman–Crippen MR) is 420 cm³/mol. The number of primary amides is 2. The number of para-hydroxylation sites is 2. The van der Waals surface area contributed by atoms with E-state index in [1.807, 2.05) is 0 Å². The SMILES string of the molecule is CC[C@H](C)[C@H](NC(=O)[C@@H](N)CCCN=C(N)N)C(=O)N[C@@H](CC(N)=O)C(=O)N[C@@H](CC(N)=O)C(=O)N[C@H](C(=O)N1C[C@@H](n2cc(-c3ccccc3OC)nn2)C[C@H]1C(=O)N[C@@H](Cc1c[nH]c2ccccc12)C(=O)N[C@@H](CO)C(=O)N[C@@H](CCC(=O)O)C(=O)N[C@@H](C)C(=O)N[C@@H](CCSC)C(=O)N[C@@H](CCSC)C(=O)O)[C@@H](C)CC. The monoisotopic (exact) mass is 1630 g/mol. The molecule has 24 N–H and O–H groups in total. The van der Waals surface area contributed by atoms with Crippen LogP contribution in [-0.4, -0.2) is 258 Å². The Labute approximate surface area is 666 Å². The van der Waals surface area contributed by atoms with Gasteiger partial charge in [-0.2, -0.15) is 23.5 Å². The second kappa shape index (κ2) is 46.1. The van der Waals surface area contributed by atoms with Crippen LogP contribution in [-0.2, 0) is 78.3 Å². The minimum absolute atomic E-state index is 0.0454. The number of aromatic amines is 1. The van der Waals surface area contributed by atoms with Crippen molar-refractivity contribution in [2.75, 3.05) is 50.8 Å². The first-order chi connectivity index (χ1) is 54.1. The Bertz CT molecular complexity index is 4070. The van der Waals surface area contributed by atoms with Gasteiger partial charge in [0.25, 0.3) is 0 Å². The summed E-state index contributed by atoms with van der Waals surface area (Å²) >= 11 is 2.69. The predicted octanol–water partition coefficient (Wildman–Crippen LogP) is -3.64. The fourth-order valence-corrected chi connectivity index (χ4v) is 13.2. The number of carbonyl (C=O) groups excluding carboxylic acids is 13. The van der Waals surface area contributed by atoms with Crippen LogP contribution >= 0.6 is 23.5 Å². The number of fused-ring (bicyclic) bond motifs is 1. The second-order valence-electron chi connectivity index (χ2n) is 27.6. The highest BCUT2D eigenvalue weighted by Crippen LogP contribution is 2.33. The van der Waals surface area contributed by atoms with Crippen molar-refractivity contribution in [2.24, 2.45) is 45.5 Å². The Morgan fingerprint density at radius 1 is 0.623 bits per heavy atom. The number of thioether (sulfide) groups is 2. The van der Waals surface area contributed by atoms with Crippen LogP contribution in [0.25, 0.3) is 22.2 Å². The Morgan fingerprint density at radius 2 is 1.15 bits per heavy atom. The lowest BCUT2D eigenvalue weighted by Gasteiger charge is -2.33. The zero-order valence-electron chi connectivity index (χ0n) is 64.8. The molecule has 15 atom stereocenters. The molecule has 114 heavy (non-hydrogen) atoms. The Balaban J connectivity index is 1.49. The average Bonchev–Trinajstić information content (AvgIpc) is 1.64. The van der Waals surface area contributed by atoms with Crippen molar-refractivity contribution in [3.05, 3.63) is 66.5 Å². The van der Waals surface area contributed by atoms with E-state index >= 15 is 14.4 Å². The number of aliphatic imine (C=N–C) groups is 1. The van der Waals surface area contributed by atoms with E-state index in [0.717, 1.165) is 4.90 Å². The molecule has 0 radical (unpaired) electrons. The molecule has 0 spiro atoms. The highest BCUT2D eigenvalue weighted by molar-refractivity contribution is 7.98. The number of ether oxygens (including phenoxy) is 1. The van der Waals surface area contributed by atoms with Gasteiger partial charge in [0.15, 0.2) is 5.96 Å². The summed E-state index contributed by atoms with van der Waals surface area (Å²) in [6, 6.07) is -6.07. The van der Waals surface area contributed by atoms with Gasteiger partial charge in [0.1, 0.15) is 77.9 Å². The first kappa shape index (κ1) is 93.5. The molecule has 2 aromatic carbocycles. The van der Waals surface area contributed by atoms with Crippen LogP contribution in [0.5, 0.6) is 5.75 Å². The molecule has 1 aliphatic heterocycles. The number of benzene rings is 2. The van der Waals surface area contributed by atoms with Crippen LogP contribution in [0.2, 0.25) is 0 Å². The lowest BCUT2D eigenvalue weighted by atomic mass is 9.96. The number of guanidine groups is 1. The smallest absolute Gasteiger partial charge is 0.326 e. The molecule has 0 saturated carbocycles. The molecule has 3 heterocycles. The molecule has 0 bridgehead atoms. The molecular weight excluding hydrogens is 1530 g/mol. The van der Waals surface area contributed by atoms with Crippen LogP contribution in [0.1, 0.15) is 117 Å². The van der Waals surface area contributed by atoms with Gasteiger partial charge in [0.2, 0.25) is 76.8 Å². The van der Waals surface area contributed by atoms with E-state index in [-0.39, 0.29) is 57.6 Å². The Hall–Kier alpha value is -11.1. The van der Waals surface area contributed by atoms with E-state index in [0.29, 0.717) is 57.8 Å². The topological polar surface area (TPSA) is 638 Å². The number of aromatic nitrogens is 4. The first-order valence-electron chi connectivity index (χ1n) is 37.0. The number of aliphatic carboxylic acids is 2. The number of hydrogen-bond donors (Lipinski definition) is 19. The first-order valence-corrected chi connectivity index (χ1v) is 39.7. The summed E-state index contributed by atoms with van der Waals surface area (Å²) < 4.78 is 6.98. The summed E-state index contributed by atoms with van der Waals surface area (Å²) in [6.45, 7) is 6.46. The van der Waals surface area contributed by atoms with Crippen molar-refractivity contribution in [1.82, 2.24) is 78.0 Å². The summed E-state index contributed by atoms with van der Waals surface area (Å²) in [5, 5.41) is 64.5. The summed E-state index contributed by atoms with van der Waals surface area (Å²) in [6.07, 6.45) is 3.82. The van der Waals surface area contributed by atoms with Crippen molar-refractivity contribution in [3.8, 4) is 17.0 Å². The molecule has 2 aromatic heterocycles. The average molecular weight is 1630 g/mol. The Morgan fingerprint density at radius 3 is 1.75 bits per heavy atom. The van der Waals surface area contributed by atoms with E-state index in [4.69, 9.17) is 33.4 Å². The van der Waals surface area contributed by atoms with Gasteiger partial charge < -0.3 is 112 Å². The third-order valence-corrected chi connectivity index (χ3v) is 20.4. The molecule has 0 unspecified atom stereocenters. The summed E-state index contributed by atoms with van der Waals surface area (Å²) in [5.74, 6) is -16.7. The highest BCUT2D eigenvalue weighted by atomic mass is 32.2. The number of carbonyl (C=O) groups is 15. The van der Waals surface area contributed by atoms with Gasteiger partial charge in [-0.3, -0.25) is 72.1 Å². The summed E-state index contributed by atoms with van der Waals surface area (Å²) in [5.41, 5.74) is 30.0. The van der Waals surface area contributed by atoms with Crippen LogP contribution < -0.4 is 86.6 Å². The number of nitrogens with zero attached hydrogens (tertiary/aromatic N) is 5. The number of hydrogen-bond acceptors (Lipinski definition) is 23. The maximum absolute atomic E-state index is 15.7. The van der Waals surface area contributed by atoms with Crippen molar-refractivity contribution >= 4 is 129 Å². The normalized spacial score (nSPS) is 16.6. The lowest BCUT2D eigenvalue weighted by Crippen LogP contribution is -2.62. The molecule has 1 fully saturated rings. The number of carboxylic acid groups (broad SMARTS) is 2. The van der Waals surface area contributed by atoms with Gasteiger partial charge in [-0.15, -0.1) is 5.10 Å². The second-order valence-corrected chi connectivity index (χ2v) is 29.5. The van der Waals surface area contributed by atoms with Gasteiger partial charge in [-0.1, -0.05) is 76.1 Å². The van der Waals surface area contributed by atoms with E-state index < -0.39 is 211 Å². The number of methoxy groups -OCH3 is 1. The molecule has 5 rings (SSSR count). The van der Waals surface area contributed by atoms with E-state index in [2.05, 4.69) is 73.5 Å². The minimum atomic E-state index is -1.96. The van der Waals surface area contributed by atoms with Crippen LogP contribution in [0.3, 0.4) is 0 Å². The van der Waals surface area contributed by atoms with Crippen molar-refractivity contribution in [1.29, 1.82) is 0 Å². The molecule has 0 aliphatic carbocycles. The van der Waals surface area contributed by atoms with Gasteiger partial charge >= 0.3 is 11.9 Å². The molecule has 1 aliphatic rings. The van der Waals surface area contributed by atoms with Crippen molar-refractivity contribution in [2.45, 2.75) is 190 Å². The van der Waals surface area contributed by atoms with Crippen molar-refractivity contribution in [3.63, 3.8) is 0 Å². The zero-order valence-corrected chi connectivity index (χ0v) is 66.4. The van der Waals surface area contributed by atoms with Crippen LogP contribution in [0.4, 0.5) is 0 Å². The molecule has 1 saturated heterocycles. The maximum atomic E-state index is 15.7. The quantitative estimate of drug-likeness (QED) is 0.0115. The number of nitrogens with one attached hydrogen (secondary N) is 11. The summed E-state index contributed by atoms with van der Waals surface area (Å²) in [7, 11) is 1.45. The van der Waals surface area contributed by atoms with E-state index in [1.54, 1.807) is 101 Å². The third-order valence-electron chi connectivity index (χ3n) is 19.1. The Kier molecular flexibility index (Phi) is 37.8. The van der Waals surface area contributed by atoms with Crippen LogP contribution in [0.15, 0.2) is 65.9 Å². The third kappa shape index (κ3) is 28.2. The number of aliphatic hydroxyl groups is 1. The highest BCUT2D eigenvalue weighted by Gasteiger charge is 2.46. The van der Waals surface area contributed by atoms with Crippen molar-refractivity contribution < 1.29 is 92.0 Å². The molecule has 4 aromatic rings. The fourth-order valence-electron chi connectivity index (χ4n) is 12.2. The fraction of sp³-hybridized carbons (Fsp3) is 0.556. The molecule has 40 nitrogen and oxygen atoms in total. The maximum Gasteiger partial charge on any atom is 0.326 e. The molecule has 626 valence electrons. The number of nitrogens with two attached hydrogens (primary N) is 5. The standard InChI is InChI=1S/C72H107N21O19S2/c1-9-36(3)58(88-61(100)43(73)18-15-25-78-72(76)77)69(108)86-49(30-55(74)95)65(104)84-50(31-56(75)96)66(105)89-59(37(4)10-2)70(109)92-33-40(93-34-51(90-91-93)42-17-12-14-20-54(42)112-6)29-53(92)68(107)85-48(28-39-32-79-44-19-13-11-16-41(39)44)64(103)87-52(35-94)67(106)82-45(21-22-57(97)98)62(101)80-38(5)60(99)81-46(23-26-113-7)63(102)83-47(71(110)111)24-27-114-8/h11-14,16-17,19-20,32,34,36-38,40,43,45-50,52-53,58-59,79,94H,9-10,15,18,21-31,33,35,73H2,1-8H3,(H2,74,95)(H2,75,96)(H,80,101)(H,81,99)(H,82,106)(H,83,102)(H,84,104)(H,85,107)(H,86,108)(H,87,103)(H,88,100)(H,89,105)(H,97,98)(H,110,111)(H4,76,77,78)/t36-,37-,38-,40-,43-,45-,46-,47-,48-,49-,50-,52-,53-,58-,59-/m0/s1. The number of amides is 13.